The van der Waals surface area contributed by atoms with E-state index in [9.17, 15) is 23.2 Å². The van der Waals surface area contributed by atoms with Gasteiger partial charge in [0.25, 0.3) is 11.5 Å². The summed E-state index contributed by atoms with van der Waals surface area (Å²) in [6.07, 6.45) is 0. The molecule has 0 aromatic carbocycles. The number of urea groups is 1. The first-order chi connectivity index (χ1) is 10.7. The molecule has 1 fully saturated rings. The van der Waals surface area contributed by atoms with Crippen LogP contribution in [0.2, 0.25) is 0 Å². The molecule has 23 heavy (non-hydrogen) atoms. The third-order valence-electron chi connectivity index (χ3n) is 3.90. The lowest BCUT2D eigenvalue weighted by Crippen LogP contribution is -2.32. The van der Waals surface area contributed by atoms with Crippen LogP contribution in [-0.4, -0.2) is 36.1 Å². The molecule has 0 radical (unpaired) electrons. The Morgan fingerprint density at radius 3 is 2.61 bits per heavy atom. The average Bonchev–Trinajstić information content (AvgIpc) is 3.03. The smallest absolute Gasteiger partial charge is 0.319 e. The molecule has 0 unspecified atom stereocenters. The summed E-state index contributed by atoms with van der Waals surface area (Å²) in [6.45, 7) is 1.32. The van der Waals surface area contributed by atoms with Crippen molar-refractivity contribution in [1.29, 1.82) is 0 Å². The third-order valence-corrected chi connectivity index (χ3v) is 3.90. The number of rotatable bonds is 4. The van der Waals surface area contributed by atoms with Crippen molar-refractivity contribution in [2.24, 2.45) is 18.9 Å². The Labute approximate surface area is 130 Å². The second kappa shape index (κ2) is 5.98. The summed E-state index contributed by atoms with van der Waals surface area (Å²) >= 11 is 0. The number of amides is 2. The Morgan fingerprint density at radius 2 is 2.04 bits per heavy atom. The van der Waals surface area contributed by atoms with Crippen LogP contribution in [0, 0.1) is 18.8 Å². The fourth-order valence-electron chi connectivity index (χ4n) is 2.31. The zero-order valence-electron chi connectivity index (χ0n) is 12.9. The minimum atomic E-state index is -3.18. The Kier molecular flexibility index (Phi) is 4.39. The van der Waals surface area contributed by atoms with E-state index in [1.54, 1.807) is 20.0 Å². The van der Waals surface area contributed by atoms with E-state index in [1.807, 2.05) is 0 Å². The summed E-state index contributed by atoms with van der Waals surface area (Å²) in [7, 11) is 2.62. The van der Waals surface area contributed by atoms with Gasteiger partial charge < -0.3 is 19.9 Å². The number of nitrogens with one attached hydrogen (secondary N) is 2. The summed E-state index contributed by atoms with van der Waals surface area (Å²) in [5.74, 6) is -6.99. The highest BCUT2D eigenvalue weighted by Crippen LogP contribution is 2.55. The SMILES string of the molecule is COC(=O)[C@@H]1[C@H](CNC(=O)Nc2cc(C)n(C)c(=O)c2)C1(F)F. The van der Waals surface area contributed by atoms with Crippen LogP contribution in [0.25, 0.3) is 0 Å². The number of carbonyl (C=O) groups excluding carboxylic acids is 2. The first-order valence-corrected chi connectivity index (χ1v) is 6.86. The molecule has 126 valence electrons. The summed E-state index contributed by atoms with van der Waals surface area (Å²) in [5.41, 5.74) is 0.585. The highest BCUT2D eigenvalue weighted by molar-refractivity contribution is 5.89. The highest BCUT2D eigenvalue weighted by Gasteiger charge is 2.72. The van der Waals surface area contributed by atoms with E-state index < -0.39 is 29.8 Å². The van der Waals surface area contributed by atoms with Gasteiger partial charge in [0.2, 0.25) is 0 Å². The van der Waals surface area contributed by atoms with Crippen molar-refractivity contribution in [3.05, 3.63) is 28.2 Å². The van der Waals surface area contributed by atoms with Crippen molar-refractivity contribution in [3.8, 4) is 0 Å². The van der Waals surface area contributed by atoms with Gasteiger partial charge in [0.1, 0.15) is 5.92 Å². The molecule has 1 aliphatic carbocycles. The first-order valence-electron chi connectivity index (χ1n) is 6.86. The fourth-order valence-corrected chi connectivity index (χ4v) is 2.31. The molecule has 0 bridgehead atoms. The number of aromatic nitrogens is 1. The standard InChI is InChI=1S/C14H17F2N3O4/c1-7-4-8(5-10(20)19(7)2)18-13(22)17-6-9-11(12(21)23-3)14(9,15)16/h4-5,9,11H,6H2,1-3H3,(H2,17,18,22)/t9-,11-/m0/s1. The van der Waals surface area contributed by atoms with Gasteiger partial charge >= 0.3 is 12.0 Å². The molecular formula is C14H17F2N3O4. The largest absolute Gasteiger partial charge is 0.469 e. The molecule has 0 spiro atoms. The van der Waals surface area contributed by atoms with Crippen LogP contribution < -0.4 is 16.2 Å². The molecule has 7 nitrogen and oxygen atoms in total. The number of esters is 1. The number of aryl methyl sites for hydroxylation is 1. The Morgan fingerprint density at radius 1 is 1.39 bits per heavy atom. The number of methoxy groups -OCH3 is 1. The maximum absolute atomic E-state index is 13.4. The van der Waals surface area contributed by atoms with Gasteiger partial charge in [-0.2, -0.15) is 0 Å². The number of ether oxygens (including phenoxy) is 1. The Bertz CT molecular complexity index is 702. The maximum Gasteiger partial charge on any atom is 0.319 e. The molecule has 2 rings (SSSR count). The van der Waals surface area contributed by atoms with Crippen molar-refractivity contribution < 1.29 is 23.1 Å². The van der Waals surface area contributed by atoms with Crippen molar-refractivity contribution >= 4 is 17.7 Å². The number of hydrogen-bond acceptors (Lipinski definition) is 4. The number of nitrogens with zero attached hydrogens (tertiary/aromatic N) is 1. The van der Waals surface area contributed by atoms with Gasteiger partial charge in [0.15, 0.2) is 0 Å². The molecule has 2 N–H and O–H groups in total. The normalized spacial score (nSPS) is 21.4. The molecule has 2 atom stereocenters. The number of carbonyl (C=O) groups is 2. The van der Waals surface area contributed by atoms with Crippen LogP contribution >= 0.6 is 0 Å². The second-order valence-corrected chi connectivity index (χ2v) is 5.40. The van der Waals surface area contributed by atoms with Crippen molar-refractivity contribution in [1.82, 2.24) is 9.88 Å². The van der Waals surface area contributed by atoms with Gasteiger partial charge in [-0.25, -0.2) is 13.6 Å². The molecule has 2 amide bonds. The van der Waals surface area contributed by atoms with Gasteiger partial charge in [0, 0.05) is 31.0 Å². The zero-order chi connectivity index (χ0) is 17.4. The molecule has 1 heterocycles. The molecule has 1 saturated carbocycles. The van der Waals surface area contributed by atoms with Crippen LogP contribution in [0.1, 0.15) is 5.69 Å². The second-order valence-electron chi connectivity index (χ2n) is 5.40. The lowest BCUT2D eigenvalue weighted by molar-refractivity contribution is -0.144. The topological polar surface area (TPSA) is 89.4 Å². The van der Waals surface area contributed by atoms with E-state index in [0.717, 1.165) is 7.11 Å². The third kappa shape index (κ3) is 3.33. The van der Waals surface area contributed by atoms with E-state index in [0.29, 0.717) is 5.69 Å². The quantitative estimate of drug-likeness (QED) is 0.802. The van der Waals surface area contributed by atoms with Gasteiger partial charge in [-0.15, -0.1) is 0 Å². The van der Waals surface area contributed by atoms with Crippen molar-refractivity contribution in [2.75, 3.05) is 19.0 Å². The fraction of sp³-hybridized carbons (Fsp3) is 0.500. The highest BCUT2D eigenvalue weighted by atomic mass is 19.3. The predicted octanol–water partition coefficient (Wildman–Crippen LogP) is 0.870. The minimum Gasteiger partial charge on any atom is -0.469 e. The van der Waals surface area contributed by atoms with E-state index in [-0.39, 0.29) is 17.8 Å². The number of alkyl halides is 2. The molecule has 1 aromatic rings. The number of hydrogen-bond donors (Lipinski definition) is 2. The maximum atomic E-state index is 13.4. The number of pyridine rings is 1. The van der Waals surface area contributed by atoms with Crippen LogP contribution in [0.4, 0.5) is 19.3 Å². The summed E-state index contributed by atoms with van der Waals surface area (Å²) < 4.78 is 32.5. The van der Waals surface area contributed by atoms with Crippen molar-refractivity contribution in [2.45, 2.75) is 12.8 Å². The van der Waals surface area contributed by atoms with Gasteiger partial charge in [0.05, 0.1) is 13.0 Å². The van der Waals surface area contributed by atoms with E-state index in [2.05, 4.69) is 15.4 Å². The van der Waals surface area contributed by atoms with Crippen LogP contribution in [-0.2, 0) is 16.6 Å². The monoisotopic (exact) mass is 329 g/mol. The Hall–Kier alpha value is -2.45. The average molecular weight is 329 g/mol. The van der Waals surface area contributed by atoms with Crippen molar-refractivity contribution in [3.63, 3.8) is 0 Å². The minimum absolute atomic E-state index is 0.259. The van der Waals surface area contributed by atoms with E-state index in [1.165, 1.54) is 10.6 Å². The lowest BCUT2D eigenvalue weighted by Gasteiger charge is -2.09. The summed E-state index contributed by atoms with van der Waals surface area (Å²) in [4.78, 5) is 34.5. The number of halogens is 2. The molecule has 9 heteroatoms. The first kappa shape index (κ1) is 16.9. The lowest BCUT2D eigenvalue weighted by atomic mass is 10.3. The van der Waals surface area contributed by atoms with Gasteiger partial charge in [-0.05, 0) is 13.0 Å². The molecule has 1 aromatic heterocycles. The summed E-state index contributed by atoms with van der Waals surface area (Å²) in [6, 6.07) is 2.06. The van der Waals surface area contributed by atoms with E-state index in [4.69, 9.17) is 0 Å². The molecule has 0 aliphatic heterocycles. The summed E-state index contributed by atoms with van der Waals surface area (Å²) in [5, 5.41) is 4.66. The van der Waals surface area contributed by atoms with Crippen LogP contribution in [0.3, 0.4) is 0 Å². The van der Waals surface area contributed by atoms with E-state index >= 15 is 0 Å². The van der Waals surface area contributed by atoms with Crippen LogP contribution in [0.5, 0.6) is 0 Å². The van der Waals surface area contributed by atoms with Gasteiger partial charge in [-0.1, -0.05) is 0 Å². The van der Waals surface area contributed by atoms with Crippen LogP contribution in [0.15, 0.2) is 16.9 Å². The zero-order valence-corrected chi connectivity index (χ0v) is 12.9. The predicted molar refractivity (Wildman–Crippen MR) is 77.4 cm³/mol. The molecular weight excluding hydrogens is 312 g/mol. The molecule has 0 saturated heterocycles. The number of anilines is 1. The molecule has 1 aliphatic rings. The van der Waals surface area contributed by atoms with Gasteiger partial charge in [-0.3, -0.25) is 9.59 Å². The Balaban J connectivity index is 1.92.